The van der Waals surface area contributed by atoms with Crippen molar-refractivity contribution in [3.8, 4) is 5.75 Å². The normalized spacial score (nSPS) is 18.1. The van der Waals surface area contributed by atoms with Gasteiger partial charge >= 0.3 is 0 Å². The van der Waals surface area contributed by atoms with Crippen LogP contribution in [0.25, 0.3) is 0 Å². The van der Waals surface area contributed by atoms with Crippen molar-refractivity contribution in [2.75, 3.05) is 13.2 Å². The molecular formula is C18H29NO. The molecule has 2 nitrogen and oxygen atoms in total. The Morgan fingerprint density at radius 2 is 2.20 bits per heavy atom. The second kappa shape index (κ2) is 7.68. The van der Waals surface area contributed by atoms with E-state index in [9.17, 15) is 0 Å². The number of hydrogen-bond acceptors (Lipinski definition) is 2. The van der Waals surface area contributed by atoms with Crippen molar-refractivity contribution in [1.29, 1.82) is 0 Å². The summed E-state index contributed by atoms with van der Waals surface area (Å²) in [6.45, 7) is 8.62. The van der Waals surface area contributed by atoms with Crippen LogP contribution in [0.1, 0.15) is 63.6 Å². The predicted octanol–water partition coefficient (Wildman–Crippen LogP) is 4.49. The van der Waals surface area contributed by atoms with Crippen LogP contribution in [0.3, 0.4) is 0 Å². The highest BCUT2D eigenvalue weighted by atomic mass is 16.5. The monoisotopic (exact) mass is 275 g/mol. The maximum absolute atomic E-state index is 5.91. The zero-order valence-corrected chi connectivity index (χ0v) is 13.2. The molecule has 20 heavy (non-hydrogen) atoms. The van der Waals surface area contributed by atoms with Gasteiger partial charge in [-0.1, -0.05) is 26.8 Å². The van der Waals surface area contributed by atoms with E-state index in [-0.39, 0.29) is 0 Å². The lowest BCUT2D eigenvalue weighted by Gasteiger charge is -2.27. The van der Waals surface area contributed by atoms with E-state index in [2.05, 4.69) is 44.3 Å². The molecule has 1 aliphatic rings. The van der Waals surface area contributed by atoms with Crippen molar-refractivity contribution >= 4 is 0 Å². The van der Waals surface area contributed by atoms with Crippen LogP contribution in [0.2, 0.25) is 0 Å². The Morgan fingerprint density at radius 3 is 2.95 bits per heavy atom. The van der Waals surface area contributed by atoms with E-state index in [0.29, 0.717) is 12.0 Å². The molecule has 0 spiro atoms. The molecule has 0 aliphatic heterocycles. The van der Waals surface area contributed by atoms with Gasteiger partial charge in [0.1, 0.15) is 5.75 Å². The molecule has 1 unspecified atom stereocenters. The fraction of sp³-hybridized carbons (Fsp3) is 0.667. The molecule has 0 aromatic heterocycles. The Balaban J connectivity index is 2.03. The number of benzene rings is 1. The lowest BCUT2D eigenvalue weighted by Crippen LogP contribution is -2.25. The van der Waals surface area contributed by atoms with Crippen LogP contribution in [0.4, 0.5) is 0 Å². The van der Waals surface area contributed by atoms with Crippen LogP contribution in [0.5, 0.6) is 5.75 Å². The van der Waals surface area contributed by atoms with Crippen LogP contribution in [-0.4, -0.2) is 13.2 Å². The second-order valence-corrected chi connectivity index (χ2v) is 6.29. The zero-order valence-electron chi connectivity index (χ0n) is 13.2. The first-order chi connectivity index (χ1) is 9.70. The summed E-state index contributed by atoms with van der Waals surface area (Å²) in [4.78, 5) is 0. The van der Waals surface area contributed by atoms with Gasteiger partial charge in [-0.25, -0.2) is 0 Å². The lowest BCUT2D eigenvalue weighted by atomic mass is 9.87. The van der Waals surface area contributed by atoms with Crippen molar-refractivity contribution in [3.63, 3.8) is 0 Å². The zero-order chi connectivity index (χ0) is 14.4. The molecule has 1 aromatic rings. The van der Waals surface area contributed by atoms with Gasteiger partial charge in [0.25, 0.3) is 0 Å². The third-order valence-electron chi connectivity index (χ3n) is 4.04. The third-order valence-corrected chi connectivity index (χ3v) is 4.04. The number of rotatable bonds is 7. The second-order valence-electron chi connectivity index (χ2n) is 6.29. The summed E-state index contributed by atoms with van der Waals surface area (Å²) in [5.41, 5.74) is 2.97. The van der Waals surface area contributed by atoms with Gasteiger partial charge in [0, 0.05) is 6.04 Å². The SMILES string of the molecule is CCCNC1CCCc2ccc(OCCC(C)C)cc21. The van der Waals surface area contributed by atoms with Crippen molar-refractivity contribution in [2.45, 2.75) is 58.9 Å². The first kappa shape index (κ1) is 15.4. The molecule has 2 rings (SSSR count). The summed E-state index contributed by atoms with van der Waals surface area (Å²) in [6.07, 6.45) is 6.07. The van der Waals surface area contributed by atoms with Gasteiger partial charge in [-0.05, 0) is 67.8 Å². The van der Waals surface area contributed by atoms with Crippen molar-refractivity contribution in [3.05, 3.63) is 29.3 Å². The van der Waals surface area contributed by atoms with Gasteiger partial charge in [0.15, 0.2) is 0 Å². The Kier molecular flexibility index (Phi) is 5.90. The van der Waals surface area contributed by atoms with Crippen LogP contribution in [-0.2, 0) is 6.42 Å². The van der Waals surface area contributed by atoms with E-state index in [1.54, 1.807) is 0 Å². The summed E-state index contributed by atoms with van der Waals surface area (Å²) < 4.78 is 5.91. The summed E-state index contributed by atoms with van der Waals surface area (Å²) in [6, 6.07) is 7.19. The van der Waals surface area contributed by atoms with Gasteiger partial charge in [0.2, 0.25) is 0 Å². The van der Waals surface area contributed by atoms with E-state index in [4.69, 9.17) is 4.74 Å². The van der Waals surface area contributed by atoms with E-state index in [1.165, 1.54) is 36.8 Å². The lowest BCUT2D eigenvalue weighted by molar-refractivity contribution is 0.288. The molecule has 0 heterocycles. The predicted molar refractivity (Wildman–Crippen MR) is 85.4 cm³/mol. The minimum Gasteiger partial charge on any atom is -0.494 e. The molecule has 0 saturated heterocycles. The first-order valence-electron chi connectivity index (χ1n) is 8.19. The van der Waals surface area contributed by atoms with E-state index < -0.39 is 0 Å². The van der Waals surface area contributed by atoms with Crippen molar-refractivity contribution in [2.24, 2.45) is 5.92 Å². The minimum absolute atomic E-state index is 0.521. The van der Waals surface area contributed by atoms with Crippen LogP contribution in [0.15, 0.2) is 18.2 Å². The molecule has 1 atom stereocenters. The van der Waals surface area contributed by atoms with Crippen molar-refractivity contribution in [1.82, 2.24) is 5.32 Å². The summed E-state index contributed by atoms with van der Waals surface area (Å²) in [5.74, 6) is 1.74. The van der Waals surface area contributed by atoms with Gasteiger partial charge in [-0.2, -0.15) is 0 Å². The van der Waals surface area contributed by atoms with Gasteiger partial charge in [0.05, 0.1) is 6.61 Å². The first-order valence-corrected chi connectivity index (χ1v) is 8.19. The minimum atomic E-state index is 0.521. The standard InChI is InChI=1S/C18H29NO/c1-4-11-19-18-7-5-6-15-8-9-16(13-17(15)18)20-12-10-14(2)3/h8-9,13-14,18-19H,4-7,10-12H2,1-3H3. The van der Waals surface area contributed by atoms with Gasteiger partial charge in [-0.15, -0.1) is 0 Å². The quantitative estimate of drug-likeness (QED) is 0.791. The molecule has 0 fully saturated rings. The molecule has 1 aromatic carbocycles. The van der Waals surface area contributed by atoms with Gasteiger partial charge < -0.3 is 10.1 Å². The van der Waals surface area contributed by atoms with Crippen LogP contribution >= 0.6 is 0 Å². The van der Waals surface area contributed by atoms with E-state index in [1.807, 2.05) is 0 Å². The van der Waals surface area contributed by atoms with Gasteiger partial charge in [-0.3, -0.25) is 0 Å². The molecule has 2 heteroatoms. The highest BCUT2D eigenvalue weighted by molar-refractivity contribution is 5.39. The summed E-state index contributed by atoms with van der Waals surface area (Å²) in [7, 11) is 0. The number of ether oxygens (including phenoxy) is 1. The Morgan fingerprint density at radius 1 is 1.35 bits per heavy atom. The number of aryl methyl sites for hydroxylation is 1. The maximum atomic E-state index is 5.91. The van der Waals surface area contributed by atoms with E-state index in [0.717, 1.165) is 25.3 Å². The molecule has 0 bridgehead atoms. The number of hydrogen-bond donors (Lipinski definition) is 1. The highest BCUT2D eigenvalue weighted by Crippen LogP contribution is 2.32. The molecule has 0 saturated carbocycles. The average molecular weight is 275 g/mol. The molecular weight excluding hydrogens is 246 g/mol. The average Bonchev–Trinajstić information content (AvgIpc) is 2.44. The maximum Gasteiger partial charge on any atom is 0.119 e. The fourth-order valence-electron chi connectivity index (χ4n) is 2.81. The van der Waals surface area contributed by atoms with Crippen LogP contribution < -0.4 is 10.1 Å². The Bertz CT molecular complexity index is 414. The molecule has 0 radical (unpaired) electrons. The molecule has 0 amide bonds. The largest absolute Gasteiger partial charge is 0.494 e. The number of fused-ring (bicyclic) bond motifs is 1. The Hall–Kier alpha value is -1.02. The van der Waals surface area contributed by atoms with E-state index >= 15 is 0 Å². The highest BCUT2D eigenvalue weighted by Gasteiger charge is 2.20. The topological polar surface area (TPSA) is 21.3 Å². The molecule has 1 aliphatic carbocycles. The molecule has 112 valence electrons. The summed E-state index contributed by atoms with van der Waals surface area (Å²) >= 11 is 0. The molecule has 1 N–H and O–H groups in total. The van der Waals surface area contributed by atoms with Crippen molar-refractivity contribution < 1.29 is 4.74 Å². The fourth-order valence-corrected chi connectivity index (χ4v) is 2.81. The number of nitrogens with one attached hydrogen (secondary N) is 1. The summed E-state index contributed by atoms with van der Waals surface area (Å²) in [5, 5.41) is 3.67. The third kappa shape index (κ3) is 4.24. The smallest absolute Gasteiger partial charge is 0.119 e. The van der Waals surface area contributed by atoms with Crippen LogP contribution in [0, 0.1) is 5.92 Å². The Labute approximate surface area is 123 Å².